The molecular weight excluding hydrogens is 252 g/mol. The van der Waals surface area contributed by atoms with Crippen molar-refractivity contribution >= 4 is 23.2 Å². The minimum absolute atomic E-state index is 0.142. The van der Waals surface area contributed by atoms with Gasteiger partial charge in [-0.15, -0.1) is 11.3 Å². The first-order chi connectivity index (χ1) is 8.78. The molecule has 0 amide bonds. The molecule has 0 aliphatic rings. The number of nitrogen functional groups attached to an aromatic ring is 1. The minimum atomic E-state index is 0.142. The molecule has 0 radical (unpaired) electrons. The Hall–Kier alpha value is -1.96. The van der Waals surface area contributed by atoms with Crippen molar-refractivity contribution in [2.45, 2.75) is 19.9 Å². The van der Waals surface area contributed by atoms with Gasteiger partial charge in [0.15, 0.2) is 0 Å². The number of anilines is 2. The third-order valence-electron chi connectivity index (χ3n) is 1.97. The van der Waals surface area contributed by atoms with E-state index in [1.807, 2.05) is 6.92 Å². The van der Waals surface area contributed by atoms with Gasteiger partial charge in [-0.05, 0) is 6.42 Å². The average molecular weight is 266 g/mol. The third-order valence-corrected chi connectivity index (χ3v) is 2.75. The second kappa shape index (κ2) is 6.10. The highest BCUT2D eigenvalue weighted by molar-refractivity contribution is 7.09. The van der Waals surface area contributed by atoms with Crippen LogP contribution in [-0.4, -0.2) is 26.5 Å². The van der Waals surface area contributed by atoms with Crippen LogP contribution in [0.15, 0.2) is 11.7 Å². The van der Waals surface area contributed by atoms with Gasteiger partial charge in [0.1, 0.15) is 0 Å². The molecule has 0 saturated carbocycles. The number of ether oxygens (including phenoxy) is 1. The quantitative estimate of drug-likeness (QED) is 0.813. The second-order valence-electron chi connectivity index (χ2n) is 3.47. The molecule has 2 aromatic rings. The predicted molar refractivity (Wildman–Crippen MR) is 69.5 cm³/mol. The van der Waals surface area contributed by atoms with Crippen LogP contribution >= 0.6 is 11.3 Å². The normalized spacial score (nSPS) is 10.3. The highest BCUT2D eigenvalue weighted by atomic mass is 32.1. The molecule has 2 aromatic heterocycles. The first-order valence-electron chi connectivity index (χ1n) is 5.53. The first-order valence-corrected chi connectivity index (χ1v) is 6.41. The van der Waals surface area contributed by atoms with E-state index in [-0.39, 0.29) is 12.0 Å². The van der Waals surface area contributed by atoms with E-state index in [4.69, 9.17) is 10.5 Å². The number of aromatic nitrogens is 4. The number of thiazole rings is 1. The summed E-state index contributed by atoms with van der Waals surface area (Å²) in [4.78, 5) is 17.1. The third kappa shape index (κ3) is 3.52. The molecular formula is C10H14N6OS. The lowest BCUT2D eigenvalue weighted by Gasteiger charge is -2.06. The van der Waals surface area contributed by atoms with E-state index in [1.165, 1.54) is 0 Å². The summed E-state index contributed by atoms with van der Waals surface area (Å²) in [7, 11) is 0. The summed E-state index contributed by atoms with van der Waals surface area (Å²) in [5.74, 6) is 0.546. The largest absolute Gasteiger partial charge is 0.463 e. The summed E-state index contributed by atoms with van der Waals surface area (Å²) in [6, 6.07) is 0.246. The van der Waals surface area contributed by atoms with Gasteiger partial charge < -0.3 is 15.8 Å². The van der Waals surface area contributed by atoms with Crippen molar-refractivity contribution in [1.29, 1.82) is 0 Å². The lowest BCUT2D eigenvalue weighted by Crippen LogP contribution is -2.09. The van der Waals surface area contributed by atoms with Crippen LogP contribution in [0.1, 0.15) is 18.2 Å². The average Bonchev–Trinajstić information content (AvgIpc) is 2.86. The van der Waals surface area contributed by atoms with Gasteiger partial charge in [0.2, 0.25) is 11.9 Å². The molecule has 0 bridgehead atoms. The van der Waals surface area contributed by atoms with Gasteiger partial charge in [-0.25, -0.2) is 0 Å². The van der Waals surface area contributed by atoms with Crippen LogP contribution in [0.2, 0.25) is 0 Å². The van der Waals surface area contributed by atoms with Crippen LogP contribution in [0.25, 0.3) is 0 Å². The molecule has 0 aromatic carbocycles. The molecule has 0 atom stereocenters. The molecule has 2 heterocycles. The minimum Gasteiger partial charge on any atom is -0.463 e. The maximum Gasteiger partial charge on any atom is 0.323 e. The van der Waals surface area contributed by atoms with Gasteiger partial charge >= 0.3 is 6.01 Å². The number of nitrogens with two attached hydrogens (primary N) is 1. The van der Waals surface area contributed by atoms with Crippen LogP contribution in [-0.2, 0) is 6.54 Å². The second-order valence-corrected chi connectivity index (χ2v) is 4.44. The molecule has 0 unspecified atom stereocenters. The van der Waals surface area contributed by atoms with Crippen LogP contribution < -0.4 is 15.8 Å². The Morgan fingerprint density at radius 1 is 1.39 bits per heavy atom. The lowest BCUT2D eigenvalue weighted by molar-refractivity contribution is 0.292. The van der Waals surface area contributed by atoms with Crippen LogP contribution in [0, 0.1) is 0 Å². The maximum absolute atomic E-state index is 5.59. The smallest absolute Gasteiger partial charge is 0.323 e. The van der Waals surface area contributed by atoms with Gasteiger partial charge in [-0.1, -0.05) is 6.92 Å². The zero-order valence-corrected chi connectivity index (χ0v) is 10.8. The van der Waals surface area contributed by atoms with E-state index >= 15 is 0 Å². The standard InChI is InChI=1S/C10H14N6OS/c1-2-3-17-10-15-8(11)14-9(16-10)13-5-7-4-12-6-18-7/h4,6H,2-3,5H2,1H3,(H3,11,13,14,15,16). The molecule has 18 heavy (non-hydrogen) atoms. The van der Waals surface area contributed by atoms with Crippen LogP contribution in [0.4, 0.5) is 11.9 Å². The van der Waals surface area contributed by atoms with Crippen LogP contribution in [0.3, 0.4) is 0 Å². The maximum atomic E-state index is 5.59. The highest BCUT2D eigenvalue weighted by Gasteiger charge is 2.05. The van der Waals surface area contributed by atoms with E-state index in [2.05, 4.69) is 25.3 Å². The Bertz CT molecular complexity index is 489. The lowest BCUT2D eigenvalue weighted by atomic mass is 10.5. The van der Waals surface area contributed by atoms with Crippen molar-refractivity contribution in [1.82, 2.24) is 19.9 Å². The zero-order chi connectivity index (χ0) is 12.8. The number of hydrogen-bond acceptors (Lipinski definition) is 8. The van der Waals surface area contributed by atoms with Crippen LogP contribution in [0.5, 0.6) is 6.01 Å². The number of nitrogens with one attached hydrogen (secondary N) is 1. The topological polar surface area (TPSA) is 98.8 Å². The first kappa shape index (κ1) is 12.5. The summed E-state index contributed by atoms with van der Waals surface area (Å²) < 4.78 is 5.32. The number of rotatable bonds is 6. The molecule has 96 valence electrons. The van der Waals surface area contributed by atoms with Gasteiger partial charge in [-0.3, -0.25) is 4.98 Å². The van der Waals surface area contributed by atoms with Gasteiger partial charge in [0.25, 0.3) is 0 Å². The van der Waals surface area contributed by atoms with Crippen molar-refractivity contribution in [2.24, 2.45) is 0 Å². The van der Waals surface area contributed by atoms with Crippen molar-refractivity contribution < 1.29 is 4.74 Å². The van der Waals surface area contributed by atoms with E-state index in [1.54, 1.807) is 23.0 Å². The Labute approximate surface area is 108 Å². The summed E-state index contributed by atoms with van der Waals surface area (Å²) in [5, 5.41) is 3.05. The van der Waals surface area contributed by atoms with E-state index in [9.17, 15) is 0 Å². The van der Waals surface area contributed by atoms with Crippen molar-refractivity contribution in [2.75, 3.05) is 17.7 Å². The fourth-order valence-corrected chi connectivity index (χ4v) is 1.74. The number of hydrogen-bond donors (Lipinski definition) is 2. The van der Waals surface area contributed by atoms with E-state index in [0.29, 0.717) is 19.1 Å². The molecule has 0 fully saturated rings. The molecule has 0 spiro atoms. The molecule has 0 aliphatic heterocycles. The summed E-state index contributed by atoms with van der Waals surface area (Å²) >= 11 is 1.56. The Kier molecular flexibility index (Phi) is 4.24. The van der Waals surface area contributed by atoms with E-state index < -0.39 is 0 Å². The van der Waals surface area contributed by atoms with Gasteiger partial charge in [0.05, 0.1) is 18.7 Å². The van der Waals surface area contributed by atoms with Crippen molar-refractivity contribution in [3.63, 3.8) is 0 Å². The van der Waals surface area contributed by atoms with Gasteiger partial charge in [-0.2, -0.15) is 15.0 Å². The molecule has 7 nitrogen and oxygen atoms in total. The Morgan fingerprint density at radius 2 is 2.28 bits per heavy atom. The molecule has 3 N–H and O–H groups in total. The summed E-state index contributed by atoms with van der Waals surface area (Å²) in [5.41, 5.74) is 7.36. The Balaban J connectivity index is 2.00. The predicted octanol–water partition coefficient (Wildman–Crippen LogP) is 1.31. The summed E-state index contributed by atoms with van der Waals surface area (Å²) in [6.07, 6.45) is 2.67. The monoisotopic (exact) mass is 266 g/mol. The van der Waals surface area contributed by atoms with Crippen molar-refractivity contribution in [3.8, 4) is 6.01 Å². The molecule has 0 aliphatic carbocycles. The molecule has 8 heteroatoms. The van der Waals surface area contributed by atoms with Crippen molar-refractivity contribution in [3.05, 3.63) is 16.6 Å². The number of nitrogens with zero attached hydrogens (tertiary/aromatic N) is 4. The SMILES string of the molecule is CCCOc1nc(N)nc(NCc2cncs2)n1. The molecule has 0 saturated heterocycles. The Morgan fingerprint density at radius 3 is 3.00 bits per heavy atom. The van der Waals surface area contributed by atoms with Gasteiger partial charge in [0, 0.05) is 11.1 Å². The zero-order valence-electron chi connectivity index (χ0n) is 9.96. The fourth-order valence-electron chi connectivity index (χ4n) is 1.20. The summed E-state index contributed by atoms with van der Waals surface area (Å²) in [6.45, 7) is 3.16. The molecule has 2 rings (SSSR count). The fraction of sp³-hybridized carbons (Fsp3) is 0.400. The van der Waals surface area contributed by atoms with E-state index in [0.717, 1.165) is 11.3 Å². The highest BCUT2D eigenvalue weighted by Crippen LogP contribution is 2.12.